The highest BCUT2D eigenvalue weighted by molar-refractivity contribution is 6.12. The van der Waals surface area contributed by atoms with Crippen LogP contribution in [0, 0.1) is 0 Å². The topological polar surface area (TPSA) is 25.6 Å². The second-order valence-electron chi connectivity index (χ2n) is 19.8. The number of rotatable bonds is 12. The third kappa shape index (κ3) is 7.26. The third-order valence-electron chi connectivity index (χ3n) is 15.9. The van der Waals surface area contributed by atoms with E-state index in [2.05, 4.69) is 227 Å². The van der Waals surface area contributed by atoms with E-state index in [1.54, 1.807) is 0 Å². The summed E-state index contributed by atoms with van der Waals surface area (Å²) in [5.74, 6) is 2.10. The highest BCUT2D eigenvalue weighted by Gasteiger charge is 2.19. The zero-order valence-electron chi connectivity index (χ0n) is 40.5. The smallest absolute Gasteiger partial charge is 0.0541 e. The summed E-state index contributed by atoms with van der Waals surface area (Å²) in [6.07, 6.45) is 4.53. The molecule has 67 heavy (non-hydrogen) atoms. The molecule has 0 aliphatic carbocycles. The minimum absolute atomic E-state index is 0.525. The van der Waals surface area contributed by atoms with Crippen molar-refractivity contribution in [3.63, 3.8) is 0 Å². The van der Waals surface area contributed by atoms with Crippen LogP contribution in [-0.2, 0) is 0 Å². The summed E-state index contributed by atoms with van der Waals surface area (Å²) in [6, 6.07) is 60.6. The van der Waals surface area contributed by atoms with E-state index >= 15 is 0 Å². The molecule has 0 bridgehead atoms. The summed E-state index contributed by atoms with van der Waals surface area (Å²) in [4.78, 5) is 3.71. The molecule has 0 aliphatic rings. The maximum atomic E-state index is 3.71. The second-order valence-corrected chi connectivity index (χ2v) is 19.8. The van der Waals surface area contributed by atoms with E-state index in [-0.39, 0.29) is 0 Å². The number of aromatic amines is 1. The molecule has 8 aromatic carbocycles. The van der Waals surface area contributed by atoms with Gasteiger partial charge >= 0.3 is 0 Å². The molecule has 0 amide bonds. The van der Waals surface area contributed by atoms with Crippen LogP contribution in [0.4, 0.5) is 0 Å². The summed E-state index contributed by atoms with van der Waals surface area (Å²) in [5, 5.41) is 7.86. The van der Waals surface area contributed by atoms with Crippen molar-refractivity contribution in [2.24, 2.45) is 0 Å². The van der Waals surface area contributed by atoms with Gasteiger partial charge in [0.15, 0.2) is 0 Å². The van der Waals surface area contributed by atoms with E-state index in [1.165, 1.54) is 110 Å². The van der Waals surface area contributed by atoms with E-state index in [4.69, 9.17) is 0 Å². The van der Waals surface area contributed by atoms with Gasteiger partial charge in [0.1, 0.15) is 0 Å². The molecule has 0 fully saturated rings. The van der Waals surface area contributed by atoms with Crippen molar-refractivity contribution in [1.29, 1.82) is 0 Å². The fourth-order valence-corrected chi connectivity index (χ4v) is 10.7. The van der Waals surface area contributed by atoms with Crippen molar-refractivity contribution >= 4 is 65.4 Å². The highest BCUT2D eigenvalue weighted by atomic mass is 15.0. The fourth-order valence-electron chi connectivity index (χ4n) is 10.7. The predicted molar refractivity (Wildman–Crippen MR) is 290 cm³/mol. The Kier molecular flexibility index (Phi) is 10.9. The summed E-state index contributed by atoms with van der Waals surface area (Å²) >= 11 is 0. The summed E-state index contributed by atoms with van der Waals surface area (Å²) < 4.78 is 4.92. The van der Waals surface area contributed by atoms with Crippen molar-refractivity contribution in [3.8, 4) is 33.6 Å². The Hall–Kier alpha value is -6.84. The number of H-pyrrole nitrogens is 1. The molecule has 3 nitrogen and oxygen atoms in total. The molecule has 0 radical (unpaired) electrons. The Morgan fingerprint density at radius 1 is 0.313 bits per heavy atom. The average Bonchev–Trinajstić information content (AvgIpc) is 4.03. The maximum absolute atomic E-state index is 3.71. The van der Waals surface area contributed by atoms with Crippen LogP contribution in [0.1, 0.15) is 127 Å². The number of nitrogens with zero attached hydrogens (tertiary/aromatic N) is 2. The van der Waals surface area contributed by atoms with Crippen molar-refractivity contribution in [1.82, 2.24) is 14.1 Å². The average molecular weight is 874 g/mol. The van der Waals surface area contributed by atoms with Crippen molar-refractivity contribution in [2.45, 2.75) is 105 Å². The molecule has 3 unspecified atom stereocenters. The van der Waals surface area contributed by atoms with Crippen molar-refractivity contribution < 1.29 is 0 Å². The standard InChI is InChI=1S/C64H63N3/c1-9-39(5)45-19-29-61-55(33-45)56-34-46(40(6)10-2)20-30-62(56)66(61)51-23-13-43(14-24-51)49-17-27-59-53(37-49)54-38-50(18-28-60(54)65-59)44-15-25-52(26-16-44)67-63-31-21-47(41(7)11-3)35-57(63)58-36-48(42(8)12-4)22-32-64(58)67/h13-42,65H,9-12H2,1-8H3/t39-,40?,41?,42?/m1/s1. The molecular weight excluding hydrogens is 811 g/mol. The summed E-state index contributed by atoms with van der Waals surface area (Å²) in [5.41, 5.74) is 20.2. The minimum Gasteiger partial charge on any atom is -0.355 e. The zero-order chi connectivity index (χ0) is 46.1. The third-order valence-corrected chi connectivity index (χ3v) is 15.9. The molecule has 0 spiro atoms. The van der Waals surface area contributed by atoms with E-state index < -0.39 is 0 Å². The number of benzene rings is 8. The van der Waals surface area contributed by atoms with E-state index in [0.717, 1.165) is 36.7 Å². The first kappa shape index (κ1) is 42.8. The number of aromatic nitrogens is 3. The van der Waals surface area contributed by atoms with Gasteiger partial charge in [-0.3, -0.25) is 0 Å². The number of hydrogen-bond acceptors (Lipinski definition) is 0. The molecule has 0 aliphatic heterocycles. The van der Waals surface area contributed by atoms with E-state index in [9.17, 15) is 0 Å². The molecule has 0 saturated carbocycles. The van der Waals surface area contributed by atoms with Crippen LogP contribution in [0.5, 0.6) is 0 Å². The van der Waals surface area contributed by atoms with E-state index in [1.807, 2.05) is 0 Å². The molecule has 334 valence electrons. The van der Waals surface area contributed by atoms with Gasteiger partial charge in [-0.25, -0.2) is 0 Å². The number of nitrogens with one attached hydrogen (secondary N) is 1. The fraction of sp³-hybridized carbons (Fsp3) is 0.250. The lowest BCUT2D eigenvalue weighted by molar-refractivity contribution is 0.734. The minimum atomic E-state index is 0.525. The van der Waals surface area contributed by atoms with Crippen LogP contribution in [0.3, 0.4) is 0 Å². The maximum Gasteiger partial charge on any atom is 0.0541 e. The Balaban J connectivity index is 0.933. The summed E-state index contributed by atoms with van der Waals surface area (Å²) in [6.45, 7) is 18.5. The molecule has 4 atom stereocenters. The molecule has 11 rings (SSSR count). The lowest BCUT2D eigenvalue weighted by atomic mass is 9.95. The first-order valence-corrected chi connectivity index (χ1v) is 25.1. The predicted octanol–water partition coefficient (Wildman–Crippen LogP) is 18.9. The van der Waals surface area contributed by atoms with Gasteiger partial charge in [-0.1, -0.05) is 116 Å². The largest absolute Gasteiger partial charge is 0.355 e. The normalized spacial score (nSPS) is 14.0. The first-order chi connectivity index (χ1) is 32.7. The van der Waals surface area contributed by atoms with Crippen molar-refractivity contribution in [2.75, 3.05) is 0 Å². The Bertz CT molecular complexity index is 3260. The van der Waals surface area contributed by atoms with Crippen LogP contribution in [0.2, 0.25) is 0 Å². The molecule has 1 N–H and O–H groups in total. The number of fused-ring (bicyclic) bond motifs is 9. The van der Waals surface area contributed by atoms with Crippen molar-refractivity contribution in [3.05, 3.63) is 180 Å². The van der Waals surface area contributed by atoms with Gasteiger partial charge in [-0.2, -0.15) is 0 Å². The van der Waals surface area contributed by atoms with Gasteiger partial charge in [-0.15, -0.1) is 0 Å². The van der Waals surface area contributed by atoms with Crippen LogP contribution in [-0.4, -0.2) is 14.1 Å². The van der Waals surface area contributed by atoms with Gasteiger partial charge in [0.25, 0.3) is 0 Å². The van der Waals surface area contributed by atoms with Crippen LogP contribution in [0.25, 0.3) is 99.0 Å². The molecule has 3 heteroatoms. The van der Waals surface area contributed by atoms with Gasteiger partial charge in [-0.05, 0) is 191 Å². The van der Waals surface area contributed by atoms with Crippen LogP contribution >= 0.6 is 0 Å². The van der Waals surface area contributed by atoms with Crippen LogP contribution in [0.15, 0.2) is 158 Å². The Morgan fingerprint density at radius 2 is 0.597 bits per heavy atom. The zero-order valence-corrected chi connectivity index (χ0v) is 40.5. The van der Waals surface area contributed by atoms with Gasteiger partial charge in [0.2, 0.25) is 0 Å². The summed E-state index contributed by atoms with van der Waals surface area (Å²) in [7, 11) is 0. The lowest BCUT2D eigenvalue weighted by Crippen LogP contribution is -1.95. The quantitative estimate of drug-likeness (QED) is 0.127. The second kappa shape index (κ2) is 17.1. The van der Waals surface area contributed by atoms with E-state index in [0.29, 0.717) is 23.7 Å². The molecule has 3 aromatic heterocycles. The first-order valence-electron chi connectivity index (χ1n) is 25.1. The molecular formula is C64H63N3. The Labute approximate surface area is 396 Å². The monoisotopic (exact) mass is 874 g/mol. The highest BCUT2D eigenvalue weighted by Crippen LogP contribution is 2.40. The number of hydrogen-bond donors (Lipinski definition) is 1. The SMILES string of the molecule is CCC(C)c1ccc2c(c1)c1cc(C(C)CC)ccc1n2-c1ccc(-c2ccc3[nH]c4ccc(-c5ccc(-n6c7ccc(C(C)CC)cc7c7cc([C@H](C)CC)ccc76)cc5)cc4c3c2)cc1. The van der Waals surface area contributed by atoms with Gasteiger partial charge < -0.3 is 14.1 Å². The lowest BCUT2D eigenvalue weighted by Gasteiger charge is -2.12. The molecule has 0 saturated heterocycles. The van der Waals surface area contributed by atoms with Gasteiger partial charge in [0, 0.05) is 54.7 Å². The molecule has 3 heterocycles. The Morgan fingerprint density at radius 3 is 0.881 bits per heavy atom. The molecule has 11 aromatic rings. The van der Waals surface area contributed by atoms with Crippen LogP contribution < -0.4 is 0 Å². The van der Waals surface area contributed by atoms with Gasteiger partial charge in [0.05, 0.1) is 22.1 Å².